The van der Waals surface area contributed by atoms with E-state index in [1.807, 2.05) is 36.1 Å². The van der Waals surface area contributed by atoms with Crippen LogP contribution in [0.4, 0.5) is 5.69 Å². The molecule has 0 radical (unpaired) electrons. The molecule has 5 nitrogen and oxygen atoms in total. The van der Waals surface area contributed by atoms with Gasteiger partial charge < -0.3 is 16.0 Å². The van der Waals surface area contributed by atoms with Crippen molar-refractivity contribution in [3.8, 4) is 0 Å². The van der Waals surface area contributed by atoms with Gasteiger partial charge in [0.2, 0.25) is 11.8 Å². The number of rotatable bonds is 6. The zero-order valence-electron chi connectivity index (χ0n) is 12.5. The van der Waals surface area contributed by atoms with E-state index in [0.717, 1.165) is 30.6 Å². The molecule has 2 amide bonds. The molecule has 0 spiro atoms. The molecular weight excluding hydrogens is 266 g/mol. The number of benzene rings is 1. The van der Waals surface area contributed by atoms with Gasteiger partial charge in [0.05, 0.1) is 6.04 Å². The molecule has 3 N–H and O–H groups in total. The summed E-state index contributed by atoms with van der Waals surface area (Å²) in [5, 5.41) is 2.81. The summed E-state index contributed by atoms with van der Waals surface area (Å²) in [6.45, 7) is 3.48. The molecule has 1 saturated heterocycles. The topological polar surface area (TPSA) is 75.4 Å². The lowest BCUT2D eigenvalue weighted by molar-refractivity contribution is -0.128. The number of amides is 2. The van der Waals surface area contributed by atoms with Gasteiger partial charge in [-0.25, -0.2) is 0 Å². The second-order valence-electron chi connectivity index (χ2n) is 5.50. The van der Waals surface area contributed by atoms with Gasteiger partial charge in [0.1, 0.15) is 0 Å². The largest absolute Gasteiger partial charge is 0.338 e. The Bertz CT molecular complexity index is 499. The van der Waals surface area contributed by atoms with Gasteiger partial charge in [-0.3, -0.25) is 9.59 Å². The molecule has 2 rings (SSSR count). The molecule has 1 fully saturated rings. The normalized spacial score (nSPS) is 16.1. The van der Waals surface area contributed by atoms with Crippen LogP contribution in [0.3, 0.4) is 0 Å². The van der Waals surface area contributed by atoms with Crippen LogP contribution >= 0.6 is 0 Å². The van der Waals surface area contributed by atoms with E-state index in [0.29, 0.717) is 19.4 Å². The Hall–Kier alpha value is -1.88. The van der Waals surface area contributed by atoms with Crippen molar-refractivity contribution in [3.05, 3.63) is 29.8 Å². The standard InChI is InChI=1S/C16H23N3O2/c1-2-4-14(17)16(21)18-13-8-6-12(7-9-13)11-19-10-3-5-15(19)20/h6-9,14H,2-5,10-11,17H2,1H3,(H,18,21). The maximum absolute atomic E-state index is 11.8. The van der Waals surface area contributed by atoms with E-state index < -0.39 is 6.04 Å². The molecule has 5 heteroatoms. The SMILES string of the molecule is CCCC(N)C(=O)Nc1ccc(CN2CCCC2=O)cc1. The van der Waals surface area contributed by atoms with E-state index in [1.165, 1.54) is 0 Å². The average Bonchev–Trinajstić information content (AvgIpc) is 2.86. The molecular formula is C16H23N3O2. The summed E-state index contributed by atoms with van der Waals surface area (Å²) in [4.78, 5) is 25.3. The molecule has 0 aliphatic carbocycles. The molecule has 1 unspecified atom stereocenters. The highest BCUT2D eigenvalue weighted by Crippen LogP contribution is 2.16. The molecule has 1 aromatic carbocycles. The number of carbonyl (C=O) groups is 2. The van der Waals surface area contributed by atoms with Crippen molar-refractivity contribution in [1.29, 1.82) is 0 Å². The Morgan fingerprint density at radius 1 is 1.38 bits per heavy atom. The van der Waals surface area contributed by atoms with Gasteiger partial charge in [-0.05, 0) is 30.5 Å². The monoisotopic (exact) mass is 289 g/mol. The van der Waals surface area contributed by atoms with Crippen molar-refractivity contribution in [3.63, 3.8) is 0 Å². The molecule has 1 aliphatic heterocycles. The van der Waals surface area contributed by atoms with Crippen LogP contribution in [-0.4, -0.2) is 29.3 Å². The van der Waals surface area contributed by atoms with Crippen molar-refractivity contribution in [2.75, 3.05) is 11.9 Å². The molecule has 21 heavy (non-hydrogen) atoms. The van der Waals surface area contributed by atoms with Crippen LogP contribution in [0.1, 0.15) is 38.2 Å². The number of carbonyl (C=O) groups excluding carboxylic acids is 2. The highest BCUT2D eigenvalue weighted by atomic mass is 16.2. The van der Waals surface area contributed by atoms with Gasteiger partial charge in [0.15, 0.2) is 0 Å². The minimum absolute atomic E-state index is 0.153. The van der Waals surface area contributed by atoms with Crippen LogP contribution in [0.15, 0.2) is 24.3 Å². The number of nitrogens with one attached hydrogen (secondary N) is 1. The van der Waals surface area contributed by atoms with Crippen LogP contribution in [0.25, 0.3) is 0 Å². The summed E-state index contributed by atoms with van der Waals surface area (Å²) in [7, 11) is 0. The highest BCUT2D eigenvalue weighted by molar-refractivity contribution is 5.94. The summed E-state index contributed by atoms with van der Waals surface area (Å²) in [5.41, 5.74) is 7.58. The van der Waals surface area contributed by atoms with Crippen molar-refractivity contribution >= 4 is 17.5 Å². The molecule has 1 aliphatic rings. The first-order valence-electron chi connectivity index (χ1n) is 7.53. The lowest BCUT2D eigenvalue weighted by Crippen LogP contribution is -2.35. The number of anilines is 1. The molecule has 0 aromatic heterocycles. The molecule has 0 bridgehead atoms. The number of hydrogen-bond donors (Lipinski definition) is 2. The van der Waals surface area contributed by atoms with Crippen LogP contribution in [0, 0.1) is 0 Å². The Morgan fingerprint density at radius 2 is 2.10 bits per heavy atom. The van der Waals surface area contributed by atoms with Gasteiger partial charge in [-0.15, -0.1) is 0 Å². The summed E-state index contributed by atoms with van der Waals surface area (Å²) >= 11 is 0. The summed E-state index contributed by atoms with van der Waals surface area (Å²) < 4.78 is 0. The first kappa shape index (κ1) is 15.5. The third kappa shape index (κ3) is 4.29. The van der Waals surface area contributed by atoms with E-state index in [2.05, 4.69) is 5.32 Å². The minimum atomic E-state index is -0.461. The number of nitrogens with two attached hydrogens (primary N) is 1. The molecule has 1 atom stereocenters. The first-order valence-corrected chi connectivity index (χ1v) is 7.53. The van der Waals surface area contributed by atoms with Crippen LogP contribution in [0.5, 0.6) is 0 Å². The first-order chi connectivity index (χ1) is 10.1. The number of hydrogen-bond acceptors (Lipinski definition) is 3. The van der Waals surface area contributed by atoms with Gasteiger partial charge in [0.25, 0.3) is 0 Å². The predicted molar refractivity (Wildman–Crippen MR) is 82.6 cm³/mol. The highest BCUT2D eigenvalue weighted by Gasteiger charge is 2.19. The van der Waals surface area contributed by atoms with Crippen molar-refractivity contribution in [2.24, 2.45) is 5.73 Å². The lowest BCUT2D eigenvalue weighted by atomic mass is 10.1. The third-order valence-corrected chi connectivity index (χ3v) is 3.70. The Balaban J connectivity index is 1.89. The number of nitrogens with zero attached hydrogens (tertiary/aromatic N) is 1. The summed E-state index contributed by atoms with van der Waals surface area (Å²) in [5.74, 6) is 0.0669. The van der Waals surface area contributed by atoms with Crippen molar-refractivity contribution in [1.82, 2.24) is 4.90 Å². The fourth-order valence-electron chi connectivity index (χ4n) is 2.46. The van der Waals surface area contributed by atoms with Gasteiger partial charge in [-0.1, -0.05) is 25.5 Å². The molecule has 1 aromatic rings. The van der Waals surface area contributed by atoms with Crippen molar-refractivity contribution in [2.45, 2.75) is 45.2 Å². The van der Waals surface area contributed by atoms with E-state index in [4.69, 9.17) is 5.73 Å². The van der Waals surface area contributed by atoms with Crippen LogP contribution < -0.4 is 11.1 Å². The third-order valence-electron chi connectivity index (χ3n) is 3.70. The quantitative estimate of drug-likeness (QED) is 0.839. The number of likely N-dealkylation sites (tertiary alicyclic amines) is 1. The van der Waals surface area contributed by atoms with Gasteiger partial charge in [0, 0.05) is 25.2 Å². The van der Waals surface area contributed by atoms with E-state index >= 15 is 0 Å². The predicted octanol–water partition coefficient (Wildman–Crippen LogP) is 1.87. The van der Waals surface area contributed by atoms with E-state index in [1.54, 1.807) is 0 Å². The maximum Gasteiger partial charge on any atom is 0.241 e. The summed E-state index contributed by atoms with van der Waals surface area (Å²) in [6.07, 6.45) is 3.17. The van der Waals surface area contributed by atoms with Crippen LogP contribution in [-0.2, 0) is 16.1 Å². The van der Waals surface area contributed by atoms with E-state index in [9.17, 15) is 9.59 Å². The smallest absolute Gasteiger partial charge is 0.241 e. The molecule has 114 valence electrons. The zero-order chi connectivity index (χ0) is 15.2. The second kappa shape index (κ2) is 7.22. The van der Waals surface area contributed by atoms with Crippen molar-refractivity contribution < 1.29 is 9.59 Å². The second-order valence-corrected chi connectivity index (χ2v) is 5.50. The fourth-order valence-corrected chi connectivity index (χ4v) is 2.46. The summed E-state index contributed by atoms with van der Waals surface area (Å²) in [6, 6.07) is 7.12. The zero-order valence-corrected chi connectivity index (χ0v) is 12.5. The Labute approximate surface area is 125 Å². The average molecular weight is 289 g/mol. The lowest BCUT2D eigenvalue weighted by Gasteiger charge is -2.16. The maximum atomic E-state index is 11.8. The fraction of sp³-hybridized carbons (Fsp3) is 0.500. The molecule has 1 heterocycles. The van der Waals surface area contributed by atoms with Gasteiger partial charge >= 0.3 is 0 Å². The van der Waals surface area contributed by atoms with Gasteiger partial charge in [-0.2, -0.15) is 0 Å². The van der Waals surface area contributed by atoms with E-state index in [-0.39, 0.29) is 11.8 Å². The Kier molecular flexibility index (Phi) is 5.33. The minimum Gasteiger partial charge on any atom is -0.338 e. The van der Waals surface area contributed by atoms with Crippen LogP contribution in [0.2, 0.25) is 0 Å². The molecule has 0 saturated carbocycles. The Morgan fingerprint density at radius 3 is 2.67 bits per heavy atom.